The van der Waals surface area contributed by atoms with E-state index in [2.05, 4.69) is 33.9 Å². The van der Waals surface area contributed by atoms with E-state index in [0.717, 1.165) is 17.7 Å². The Morgan fingerprint density at radius 2 is 2.19 bits per heavy atom. The van der Waals surface area contributed by atoms with Gasteiger partial charge >= 0.3 is 0 Å². The highest BCUT2D eigenvalue weighted by Gasteiger charge is 2.23. The average molecular weight is 415 g/mol. The summed E-state index contributed by atoms with van der Waals surface area (Å²) in [4.78, 5) is 5.70. The van der Waals surface area contributed by atoms with Crippen LogP contribution in [0.25, 0.3) is 0 Å². The molecule has 1 aliphatic heterocycles. The van der Waals surface area contributed by atoms with Crippen molar-refractivity contribution in [2.75, 3.05) is 13.2 Å². The first-order valence-corrected chi connectivity index (χ1v) is 7.51. The lowest BCUT2D eigenvalue weighted by molar-refractivity contribution is 0.324. The first-order chi connectivity index (χ1) is 9.83. The van der Waals surface area contributed by atoms with Gasteiger partial charge in [0.2, 0.25) is 0 Å². The van der Waals surface area contributed by atoms with Crippen LogP contribution in [-0.2, 0) is 6.42 Å². The van der Waals surface area contributed by atoms with Crippen molar-refractivity contribution in [1.29, 1.82) is 0 Å². The van der Waals surface area contributed by atoms with E-state index in [-0.39, 0.29) is 30.0 Å². The van der Waals surface area contributed by atoms with Crippen LogP contribution >= 0.6 is 35.3 Å². The number of para-hydroxylation sites is 1. The molecule has 0 bridgehead atoms. The largest absolute Gasteiger partial charge is 0.491 e. The van der Waals surface area contributed by atoms with Crippen molar-refractivity contribution in [3.05, 3.63) is 52.2 Å². The third-order valence-electron chi connectivity index (χ3n) is 3.24. The average Bonchev–Trinajstić information content (AvgIpc) is 3.09. The zero-order valence-electron chi connectivity index (χ0n) is 11.5. The molecular formula is C15H18IN3OS. The maximum atomic E-state index is 5.94. The quantitative estimate of drug-likeness (QED) is 0.459. The lowest BCUT2D eigenvalue weighted by Gasteiger charge is -2.12. The van der Waals surface area contributed by atoms with Crippen molar-refractivity contribution in [3.63, 3.8) is 0 Å². The van der Waals surface area contributed by atoms with Gasteiger partial charge in [-0.15, -0.1) is 35.3 Å². The number of nitrogens with two attached hydrogens (primary N) is 1. The van der Waals surface area contributed by atoms with Gasteiger partial charge in [-0.25, -0.2) is 0 Å². The Bertz CT molecular complexity index is 601. The number of hydrogen-bond donors (Lipinski definition) is 2. The Kier molecular flexibility index (Phi) is 5.86. The third kappa shape index (κ3) is 4.10. The van der Waals surface area contributed by atoms with Crippen LogP contribution in [0.1, 0.15) is 16.5 Å². The number of nitrogens with zero attached hydrogens (tertiary/aromatic N) is 1. The van der Waals surface area contributed by atoms with Crippen LogP contribution in [-0.4, -0.2) is 19.1 Å². The first-order valence-electron chi connectivity index (χ1n) is 6.63. The lowest BCUT2D eigenvalue weighted by atomic mass is 10.1. The highest BCUT2D eigenvalue weighted by molar-refractivity contribution is 14.0. The number of guanidine groups is 1. The second kappa shape index (κ2) is 7.65. The van der Waals surface area contributed by atoms with Crippen LogP contribution in [0.5, 0.6) is 5.75 Å². The van der Waals surface area contributed by atoms with Gasteiger partial charge < -0.3 is 15.8 Å². The van der Waals surface area contributed by atoms with Crippen molar-refractivity contribution < 1.29 is 4.74 Å². The molecule has 1 unspecified atom stereocenters. The highest BCUT2D eigenvalue weighted by atomic mass is 127. The fraction of sp³-hybridized carbons (Fsp3) is 0.267. The highest BCUT2D eigenvalue weighted by Crippen LogP contribution is 2.31. The van der Waals surface area contributed by atoms with E-state index in [1.165, 1.54) is 4.88 Å². The predicted molar refractivity (Wildman–Crippen MR) is 97.7 cm³/mol. The molecule has 2 heterocycles. The summed E-state index contributed by atoms with van der Waals surface area (Å²) in [6, 6.07) is 12.3. The van der Waals surface area contributed by atoms with Gasteiger partial charge in [-0.05, 0) is 17.5 Å². The zero-order valence-corrected chi connectivity index (χ0v) is 14.6. The summed E-state index contributed by atoms with van der Waals surface area (Å²) in [5, 5.41) is 5.30. The molecule has 0 saturated carbocycles. The van der Waals surface area contributed by atoms with E-state index >= 15 is 0 Å². The molecule has 0 spiro atoms. The number of thiophene rings is 1. The molecule has 2 aromatic rings. The SMILES string of the molecule is I.NC(=NCCc1cccs1)NC1COc2ccccc21. The van der Waals surface area contributed by atoms with Crippen molar-refractivity contribution in [2.45, 2.75) is 12.5 Å². The molecule has 0 saturated heterocycles. The first kappa shape index (κ1) is 16.1. The monoisotopic (exact) mass is 415 g/mol. The van der Waals surface area contributed by atoms with Gasteiger partial charge in [0.15, 0.2) is 5.96 Å². The summed E-state index contributed by atoms with van der Waals surface area (Å²) in [7, 11) is 0. The maximum absolute atomic E-state index is 5.94. The summed E-state index contributed by atoms with van der Waals surface area (Å²) in [6.45, 7) is 1.30. The maximum Gasteiger partial charge on any atom is 0.189 e. The summed E-state index contributed by atoms with van der Waals surface area (Å²) in [6.07, 6.45) is 0.928. The summed E-state index contributed by atoms with van der Waals surface area (Å²) >= 11 is 1.75. The van der Waals surface area contributed by atoms with Gasteiger partial charge in [-0.3, -0.25) is 4.99 Å². The number of halogens is 1. The van der Waals surface area contributed by atoms with Gasteiger partial charge in [0.1, 0.15) is 12.4 Å². The van der Waals surface area contributed by atoms with Crippen molar-refractivity contribution >= 4 is 41.3 Å². The number of aliphatic imine (C=N–C) groups is 1. The van der Waals surface area contributed by atoms with E-state index in [1.54, 1.807) is 11.3 Å². The Morgan fingerprint density at radius 1 is 1.33 bits per heavy atom. The standard InChI is InChI=1S/C15H17N3OS.HI/c16-15(17-8-7-11-4-3-9-20-11)18-13-10-19-14-6-2-1-5-12(13)14;/h1-6,9,13H,7-8,10H2,(H3,16,17,18);1H. The third-order valence-corrected chi connectivity index (χ3v) is 4.18. The van der Waals surface area contributed by atoms with Crippen LogP contribution in [0, 0.1) is 0 Å². The van der Waals surface area contributed by atoms with E-state index in [4.69, 9.17) is 10.5 Å². The summed E-state index contributed by atoms with van der Waals surface area (Å²) < 4.78 is 5.60. The number of nitrogens with one attached hydrogen (secondary N) is 1. The fourth-order valence-electron chi connectivity index (χ4n) is 2.25. The predicted octanol–water partition coefficient (Wildman–Crippen LogP) is 2.95. The Labute approximate surface area is 145 Å². The number of hydrogen-bond acceptors (Lipinski definition) is 3. The number of benzene rings is 1. The molecule has 1 aromatic heterocycles. The van der Waals surface area contributed by atoms with Crippen LogP contribution < -0.4 is 15.8 Å². The molecule has 1 aromatic carbocycles. The molecule has 3 N–H and O–H groups in total. The van der Waals surface area contributed by atoms with E-state index in [9.17, 15) is 0 Å². The van der Waals surface area contributed by atoms with Crippen molar-refractivity contribution in [1.82, 2.24) is 5.32 Å². The van der Waals surface area contributed by atoms with Crippen LogP contribution in [0.2, 0.25) is 0 Å². The molecule has 112 valence electrons. The van der Waals surface area contributed by atoms with Crippen LogP contribution in [0.3, 0.4) is 0 Å². The number of rotatable bonds is 4. The molecule has 6 heteroatoms. The Hall–Kier alpha value is -1.28. The summed E-state index contributed by atoms with van der Waals surface area (Å²) in [5.74, 6) is 1.41. The van der Waals surface area contributed by atoms with Gasteiger partial charge in [0.05, 0.1) is 6.04 Å². The molecule has 4 nitrogen and oxygen atoms in total. The molecule has 3 rings (SSSR count). The minimum Gasteiger partial charge on any atom is -0.491 e. The zero-order chi connectivity index (χ0) is 13.8. The van der Waals surface area contributed by atoms with Gasteiger partial charge in [-0.1, -0.05) is 24.3 Å². The molecule has 0 fully saturated rings. The smallest absolute Gasteiger partial charge is 0.189 e. The normalized spacial score (nSPS) is 16.8. The number of fused-ring (bicyclic) bond motifs is 1. The molecular weight excluding hydrogens is 397 g/mol. The second-order valence-corrected chi connectivity index (χ2v) is 5.67. The second-order valence-electron chi connectivity index (χ2n) is 4.64. The minimum absolute atomic E-state index is 0. The molecule has 1 aliphatic rings. The van der Waals surface area contributed by atoms with Crippen molar-refractivity contribution in [3.8, 4) is 5.75 Å². The number of ether oxygens (including phenoxy) is 1. The summed E-state index contributed by atoms with van der Waals surface area (Å²) in [5.41, 5.74) is 7.08. The minimum atomic E-state index is 0. The molecule has 1 atom stereocenters. The van der Waals surface area contributed by atoms with Crippen LogP contribution in [0.15, 0.2) is 46.8 Å². The Morgan fingerprint density at radius 3 is 3.00 bits per heavy atom. The fourth-order valence-corrected chi connectivity index (χ4v) is 2.95. The lowest BCUT2D eigenvalue weighted by Crippen LogP contribution is -2.36. The van der Waals surface area contributed by atoms with Gasteiger partial charge in [0, 0.05) is 23.4 Å². The topological polar surface area (TPSA) is 59.6 Å². The van der Waals surface area contributed by atoms with Crippen molar-refractivity contribution in [2.24, 2.45) is 10.7 Å². The molecule has 0 aliphatic carbocycles. The Balaban J connectivity index is 0.00000161. The van der Waals surface area contributed by atoms with Gasteiger partial charge in [0.25, 0.3) is 0 Å². The van der Waals surface area contributed by atoms with E-state index in [0.29, 0.717) is 19.1 Å². The van der Waals surface area contributed by atoms with E-state index in [1.807, 2.05) is 18.2 Å². The molecule has 21 heavy (non-hydrogen) atoms. The van der Waals surface area contributed by atoms with Crippen LogP contribution in [0.4, 0.5) is 0 Å². The molecule has 0 radical (unpaired) electrons. The van der Waals surface area contributed by atoms with E-state index < -0.39 is 0 Å². The molecule has 0 amide bonds. The van der Waals surface area contributed by atoms with Gasteiger partial charge in [-0.2, -0.15) is 0 Å².